The van der Waals surface area contributed by atoms with Crippen LogP contribution in [0.4, 0.5) is 0 Å². The summed E-state index contributed by atoms with van der Waals surface area (Å²) in [6.07, 6.45) is -1.82. The third-order valence-corrected chi connectivity index (χ3v) is 2.40. The van der Waals surface area contributed by atoms with Gasteiger partial charge < -0.3 is 24.4 Å². The molecular formula is C15H20O8. The molecule has 0 aliphatic carbocycles. The van der Waals surface area contributed by atoms with E-state index in [0.717, 1.165) is 7.11 Å². The van der Waals surface area contributed by atoms with Crippen molar-refractivity contribution in [3.63, 3.8) is 0 Å². The molecule has 0 amide bonds. The molecule has 23 heavy (non-hydrogen) atoms. The molecule has 0 aliphatic rings. The molecular weight excluding hydrogens is 308 g/mol. The van der Waals surface area contributed by atoms with Crippen molar-refractivity contribution in [2.75, 3.05) is 13.7 Å². The minimum atomic E-state index is -1.36. The quantitative estimate of drug-likeness (QED) is 0.372. The van der Waals surface area contributed by atoms with Gasteiger partial charge in [0.2, 0.25) is 0 Å². The second-order valence-corrected chi connectivity index (χ2v) is 4.64. The largest absolute Gasteiger partial charge is 0.465 e. The molecule has 0 aromatic carbocycles. The predicted octanol–water partition coefficient (Wildman–Crippen LogP) is 0.353. The molecule has 0 rings (SSSR count). The van der Waals surface area contributed by atoms with Gasteiger partial charge in [-0.3, -0.25) is 0 Å². The Morgan fingerprint density at radius 1 is 1.00 bits per heavy atom. The number of aliphatic hydroxyl groups excluding tert-OH is 2. The normalized spacial score (nSPS) is 11.0. The van der Waals surface area contributed by atoms with Crippen LogP contribution in [0.5, 0.6) is 0 Å². The molecule has 8 heteroatoms. The predicted molar refractivity (Wildman–Crippen MR) is 78.6 cm³/mol. The number of carbonyl (C=O) groups excluding carboxylic acids is 3. The molecule has 8 nitrogen and oxygen atoms in total. The first-order chi connectivity index (χ1) is 10.6. The summed E-state index contributed by atoms with van der Waals surface area (Å²) in [6, 6.07) is 0. The van der Waals surface area contributed by atoms with Crippen molar-refractivity contribution >= 4 is 17.9 Å². The van der Waals surface area contributed by atoms with E-state index in [2.05, 4.69) is 17.9 Å². The first-order valence-corrected chi connectivity index (χ1v) is 6.49. The first-order valence-electron chi connectivity index (χ1n) is 6.49. The van der Waals surface area contributed by atoms with Gasteiger partial charge in [-0.1, -0.05) is 13.2 Å². The van der Waals surface area contributed by atoms with Crippen molar-refractivity contribution in [1.82, 2.24) is 0 Å². The van der Waals surface area contributed by atoms with Crippen LogP contribution in [0.2, 0.25) is 0 Å². The molecule has 0 radical (unpaired) electrons. The highest BCUT2D eigenvalue weighted by Gasteiger charge is 2.26. The van der Waals surface area contributed by atoms with Gasteiger partial charge in [-0.05, 0) is 13.8 Å². The smallest absolute Gasteiger partial charge is 0.341 e. The van der Waals surface area contributed by atoms with E-state index in [1.165, 1.54) is 13.8 Å². The van der Waals surface area contributed by atoms with Crippen molar-refractivity contribution in [2.24, 2.45) is 0 Å². The fraction of sp³-hybridized carbons (Fsp3) is 0.400. The van der Waals surface area contributed by atoms with E-state index in [4.69, 9.17) is 14.6 Å². The van der Waals surface area contributed by atoms with Gasteiger partial charge in [0.05, 0.1) is 19.8 Å². The van der Waals surface area contributed by atoms with Crippen LogP contribution in [0.1, 0.15) is 20.3 Å². The number of aliphatic hydroxyl groups is 2. The van der Waals surface area contributed by atoms with Crippen molar-refractivity contribution in [1.29, 1.82) is 0 Å². The SMILES string of the molecule is C=C(C)C(=O)OC(OC(=O)C(=C)C)=C(CC(O)CO)C(=O)OC. The average Bonchev–Trinajstić information content (AvgIpc) is 2.50. The molecule has 0 saturated heterocycles. The van der Waals surface area contributed by atoms with Crippen LogP contribution in [0.15, 0.2) is 35.8 Å². The van der Waals surface area contributed by atoms with Crippen molar-refractivity contribution < 1.29 is 38.8 Å². The van der Waals surface area contributed by atoms with E-state index in [0.29, 0.717) is 0 Å². The van der Waals surface area contributed by atoms with Gasteiger partial charge >= 0.3 is 23.9 Å². The Labute approximate surface area is 133 Å². The van der Waals surface area contributed by atoms with Crippen LogP contribution in [-0.4, -0.2) is 47.9 Å². The van der Waals surface area contributed by atoms with Gasteiger partial charge in [0.1, 0.15) is 5.57 Å². The Morgan fingerprint density at radius 3 is 1.74 bits per heavy atom. The van der Waals surface area contributed by atoms with Gasteiger partial charge in [0.25, 0.3) is 0 Å². The number of carbonyl (C=O) groups is 3. The molecule has 0 aromatic rings. The summed E-state index contributed by atoms with van der Waals surface area (Å²) in [6.45, 7) is 8.75. The lowest BCUT2D eigenvalue weighted by Crippen LogP contribution is -2.22. The lowest BCUT2D eigenvalue weighted by atomic mass is 10.1. The Balaban J connectivity index is 5.85. The van der Waals surface area contributed by atoms with Gasteiger partial charge in [-0.15, -0.1) is 0 Å². The highest BCUT2D eigenvalue weighted by Crippen LogP contribution is 2.19. The summed E-state index contributed by atoms with van der Waals surface area (Å²) in [4.78, 5) is 35.1. The Kier molecular flexibility index (Phi) is 8.53. The standard InChI is InChI=1S/C15H20O8/c1-8(2)12(18)22-15(23-13(19)9(3)4)11(14(20)21-5)6-10(17)7-16/h10,16-17H,1,3,6-7H2,2,4-5H3. The summed E-state index contributed by atoms with van der Waals surface area (Å²) in [5, 5.41) is 18.4. The topological polar surface area (TPSA) is 119 Å². The van der Waals surface area contributed by atoms with E-state index in [1.807, 2.05) is 0 Å². The van der Waals surface area contributed by atoms with Crippen LogP contribution in [0.3, 0.4) is 0 Å². The number of esters is 3. The van der Waals surface area contributed by atoms with E-state index in [9.17, 15) is 19.5 Å². The third-order valence-electron chi connectivity index (χ3n) is 2.40. The number of ether oxygens (including phenoxy) is 3. The fourth-order valence-corrected chi connectivity index (χ4v) is 1.16. The van der Waals surface area contributed by atoms with Gasteiger partial charge in [-0.25, -0.2) is 14.4 Å². The second kappa shape index (κ2) is 9.54. The molecule has 1 unspecified atom stereocenters. The van der Waals surface area contributed by atoms with Crippen LogP contribution >= 0.6 is 0 Å². The highest BCUT2D eigenvalue weighted by molar-refractivity contribution is 5.93. The van der Waals surface area contributed by atoms with Crippen molar-refractivity contribution in [3.8, 4) is 0 Å². The first kappa shape index (κ1) is 20.6. The van der Waals surface area contributed by atoms with Gasteiger partial charge in [0, 0.05) is 17.6 Å². The minimum absolute atomic E-state index is 0.0132. The summed E-state index contributed by atoms with van der Waals surface area (Å²) in [7, 11) is 1.05. The molecule has 0 aliphatic heterocycles. The molecule has 128 valence electrons. The minimum Gasteiger partial charge on any atom is -0.465 e. The van der Waals surface area contributed by atoms with E-state index in [-0.39, 0.29) is 11.1 Å². The van der Waals surface area contributed by atoms with E-state index < -0.39 is 48.6 Å². The maximum absolute atomic E-state index is 11.8. The lowest BCUT2D eigenvalue weighted by Gasteiger charge is -2.15. The third kappa shape index (κ3) is 6.90. The Bertz CT molecular complexity index is 514. The molecule has 0 aromatic heterocycles. The Hall–Kier alpha value is -2.45. The average molecular weight is 328 g/mol. The molecule has 0 heterocycles. The molecule has 0 fully saturated rings. The number of rotatable bonds is 8. The zero-order chi connectivity index (χ0) is 18.2. The number of hydrogen-bond donors (Lipinski definition) is 2. The lowest BCUT2D eigenvalue weighted by molar-refractivity contribution is -0.150. The maximum Gasteiger partial charge on any atom is 0.341 e. The molecule has 2 N–H and O–H groups in total. The molecule has 0 spiro atoms. The summed E-state index contributed by atoms with van der Waals surface area (Å²) in [5.74, 6) is -3.66. The summed E-state index contributed by atoms with van der Waals surface area (Å²) in [5.41, 5.74) is -0.458. The zero-order valence-corrected chi connectivity index (χ0v) is 13.2. The monoisotopic (exact) mass is 328 g/mol. The van der Waals surface area contributed by atoms with E-state index >= 15 is 0 Å². The van der Waals surface area contributed by atoms with Crippen LogP contribution < -0.4 is 0 Å². The molecule has 1 atom stereocenters. The summed E-state index contributed by atoms with van der Waals surface area (Å²) >= 11 is 0. The fourth-order valence-electron chi connectivity index (χ4n) is 1.16. The number of hydrogen-bond acceptors (Lipinski definition) is 8. The van der Waals surface area contributed by atoms with Crippen LogP contribution in [0, 0.1) is 0 Å². The Morgan fingerprint density at radius 2 is 1.43 bits per heavy atom. The molecule has 0 bridgehead atoms. The van der Waals surface area contributed by atoms with Crippen molar-refractivity contribution in [3.05, 3.63) is 35.8 Å². The van der Waals surface area contributed by atoms with E-state index in [1.54, 1.807) is 0 Å². The number of methoxy groups -OCH3 is 1. The maximum atomic E-state index is 11.8. The molecule has 0 saturated carbocycles. The van der Waals surface area contributed by atoms with Crippen LogP contribution in [0.25, 0.3) is 0 Å². The summed E-state index contributed by atoms with van der Waals surface area (Å²) < 4.78 is 14.2. The zero-order valence-electron chi connectivity index (χ0n) is 13.2. The second-order valence-electron chi connectivity index (χ2n) is 4.64. The van der Waals surface area contributed by atoms with Crippen LogP contribution in [-0.2, 0) is 28.6 Å². The van der Waals surface area contributed by atoms with Gasteiger partial charge in [-0.2, -0.15) is 0 Å². The highest BCUT2D eigenvalue weighted by atomic mass is 16.7. The van der Waals surface area contributed by atoms with Crippen molar-refractivity contribution in [2.45, 2.75) is 26.4 Å². The van der Waals surface area contributed by atoms with Gasteiger partial charge in [0.15, 0.2) is 0 Å².